The molecule has 132 valence electrons. The van der Waals surface area contributed by atoms with Gasteiger partial charge in [-0.1, -0.05) is 28.9 Å². The Hall–Kier alpha value is -2.95. The highest BCUT2D eigenvalue weighted by molar-refractivity contribution is 5.96. The number of hydrogen-bond donors (Lipinski definition) is 0. The molecular formula is C21H21N3O2. The molecule has 1 saturated heterocycles. The van der Waals surface area contributed by atoms with Crippen LogP contribution in [-0.2, 0) is 4.79 Å². The summed E-state index contributed by atoms with van der Waals surface area (Å²) in [5, 5.41) is 4.14. The summed E-state index contributed by atoms with van der Waals surface area (Å²) in [6.45, 7) is 6.74. The summed E-state index contributed by atoms with van der Waals surface area (Å²) < 4.78 is 5.46. The van der Waals surface area contributed by atoms with Crippen LogP contribution in [0.4, 0.5) is 5.69 Å². The van der Waals surface area contributed by atoms with Gasteiger partial charge in [-0.2, -0.15) is 4.98 Å². The SMILES string of the molecule is Cc1ccc(N2CC(c3noc(-c4ccc(C)c(C)c4)n3)CC2=O)cc1. The summed E-state index contributed by atoms with van der Waals surface area (Å²) in [6, 6.07) is 14.1. The van der Waals surface area contributed by atoms with E-state index in [1.807, 2.05) is 49.4 Å². The maximum absolute atomic E-state index is 12.4. The van der Waals surface area contributed by atoms with Crippen molar-refractivity contribution in [2.24, 2.45) is 0 Å². The van der Waals surface area contributed by atoms with Crippen LogP contribution in [0.3, 0.4) is 0 Å². The molecule has 0 bridgehead atoms. The van der Waals surface area contributed by atoms with E-state index in [0.29, 0.717) is 24.7 Å². The molecule has 1 aliphatic heterocycles. The number of aryl methyl sites for hydroxylation is 3. The molecule has 0 radical (unpaired) electrons. The molecule has 0 aliphatic carbocycles. The van der Waals surface area contributed by atoms with Gasteiger partial charge in [-0.15, -0.1) is 0 Å². The van der Waals surface area contributed by atoms with Crippen molar-refractivity contribution in [2.75, 3.05) is 11.4 Å². The molecule has 26 heavy (non-hydrogen) atoms. The predicted octanol–water partition coefficient (Wildman–Crippen LogP) is 4.18. The topological polar surface area (TPSA) is 59.2 Å². The molecule has 0 N–H and O–H groups in total. The van der Waals surface area contributed by atoms with Crippen LogP contribution >= 0.6 is 0 Å². The van der Waals surface area contributed by atoms with Gasteiger partial charge < -0.3 is 9.42 Å². The maximum atomic E-state index is 12.4. The second kappa shape index (κ2) is 6.41. The molecule has 4 rings (SSSR count). The van der Waals surface area contributed by atoms with E-state index in [1.54, 1.807) is 4.90 Å². The minimum absolute atomic E-state index is 0.0483. The summed E-state index contributed by atoms with van der Waals surface area (Å²) in [5.74, 6) is 1.15. The largest absolute Gasteiger partial charge is 0.334 e. The first-order valence-corrected chi connectivity index (χ1v) is 8.79. The highest BCUT2D eigenvalue weighted by atomic mass is 16.5. The Morgan fingerprint density at radius 3 is 2.54 bits per heavy atom. The fourth-order valence-electron chi connectivity index (χ4n) is 3.25. The zero-order valence-corrected chi connectivity index (χ0v) is 15.2. The average Bonchev–Trinajstić information content (AvgIpc) is 3.25. The average molecular weight is 347 g/mol. The van der Waals surface area contributed by atoms with E-state index in [9.17, 15) is 4.79 Å². The number of carbonyl (C=O) groups excluding carboxylic acids is 1. The Bertz CT molecular complexity index is 960. The number of rotatable bonds is 3. The number of carbonyl (C=O) groups is 1. The molecule has 3 aromatic rings. The smallest absolute Gasteiger partial charge is 0.257 e. The quantitative estimate of drug-likeness (QED) is 0.713. The van der Waals surface area contributed by atoms with Crippen molar-refractivity contribution in [3.63, 3.8) is 0 Å². The number of aromatic nitrogens is 2. The van der Waals surface area contributed by atoms with Gasteiger partial charge >= 0.3 is 0 Å². The zero-order chi connectivity index (χ0) is 18.3. The van der Waals surface area contributed by atoms with Crippen molar-refractivity contribution in [3.8, 4) is 11.5 Å². The first-order chi connectivity index (χ1) is 12.5. The van der Waals surface area contributed by atoms with Gasteiger partial charge in [0.05, 0.1) is 0 Å². The molecule has 5 heteroatoms. The normalized spacial score (nSPS) is 17.1. The number of hydrogen-bond acceptors (Lipinski definition) is 4. The van der Waals surface area contributed by atoms with E-state index < -0.39 is 0 Å². The van der Waals surface area contributed by atoms with Crippen LogP contribution in [0.1, 0.15) is 34.9 Å². The van der Waals surface area contributed by atoms with Gasteiger partial charge in [-0.3, -0.25) is 4.79 Å². The van der Waals surface area contributed by atoms with Gasteiger partial charge in [-0.05, 0) is 56.2 Å². The molecule has 0 saturated carbocycles. The standard InChI is InChI=1S/C21H21N3O2/c1-13-4-8-18(9-5-13)24-12-17(11-19(24)25)20-22-21(26-23-20)16-7-6-14(2)15(3)10-16/h4-10,17H,11-12H2,1-3H3. The number of benzene rings is 2. The van der Waals surface area contributed by atoms with Crippen LogP contribution in [-0.4, -0.2) is 22.6 Å². The third-order valence-electron chi connectivity index (χ3n) is 5.03. The summed E-state index contributed by atoms with van der Waals surface area (Å²) in [5.41, 5.74) is 5.41. The zero-order valence-electron chi connectivity index (χ0n) is 15.2. The highest BCUT2D eigenvalue weighted by Crippen LogP contribution is 2.31. The van der Waals surface area contributed by atoms with E-state index in [2.05, 4.69) is 24.0 Å². The third kappa shape index (κ3) is 3.01. The van der Waals surface area contributed by atoms with Crippen molar-refractivity contribution >= 4 is 11.6 Å². The first kappa shape index (κ1) is 16.5. The molecule has 1 fully saturated rings. The van der Waals surface area contributed by atoms with Crippen molar-refractivity contribution < 1.29 is 9.32 Å². The van der Waals surface area contributed by atoms with Gasteiger partial charge in [0.1, 0.15) is 0 Å². The molecule has 2 heterocycles. The summed E-state index contributed by atoms with van der Waals surface area (Å²) in [4.78, 5) is 18.8. The van der Waals surface area contributed by atoms with Crippen LogP contribution in [0.25, 0.3) is 11.5 Å². The second-order valence-corrected chi connectivity index (χ2v) is 7.00. The van der Waals surface area contributed by atoms with Gasteiger partial charge in [0.15, 0.2) is 5.82 Å². The van der Waals surface area contributed by atoms with Crippen LogP contribution in [0.5, 0.6) is 0 Å². The van der Waals surface area contributed by atoms with Crippen LogP contribution in [0.2, 0.25) is 0 Å². The van der Waals surface area contributed by atoms with Crippen molar-refractivity contribution in [1.29, 1.82) is 0 Å². The summed E-state index contributed by atoms with van der Waals surface area (Å²) in [7, 11) is 0. The lowest BCUT2D eigenvalue weighted by Crippen LogP contribution is -2.24. The third-order valence-corrected chi connectivity index (χ3v) is 5.03. The van der Waals surface area contributed by atoms with Crippen LogP contribution < -0.4 is 4.90 Å². The Balaban J connectivity index is 1.55. The van der Waals surface area contributed by atoms with E-state index in [4.69, 9.17) is 4.52 Å². The van der Waals surface area contributed by atoms with Crippen molar-refractivity contribution in [1.82, 2.24) is 10.1 Å². The predicted molar refractivity (Wildman–Crippen MR) is 100 cm³/mol. The number of anilines is 1. The minimum atomic E-state index is -0.0483. The Kier molecular flexibility index (Phi) is 4.07. The number of nitrogens with zero attached hydrogens (tertiary/aromatic N) is 3. The van der Waals surface area contributed by atoms with Gasteiger partial charge in [-0.25, -0.2) is 0 Å². The molecule has 0 spiro atoms. The summed E-state index contributed by atoms with van der Waals surface area (Å²) in [6.07, 6.45) is 0.403. The highest BCUT2D eigenvalue weighted by Gasteiger charge is 2.34. The van der Waals surface area contributed by atoms with Gasteiger partial charge in [0.2, 0.25) is 5.91 Å². The van der Waals surface area contributed by atoms with Crippen molar-refractivity contribution in [3.05, 3.63) is 65.0 Å². The van der Waals surface area contributed by atoms with E-state index in [0.717, 1.165) is 11.3 Å². The molecule has 5 nitrogen and oxygen atoms in total. The Morgan fingerprint density at radius 2 is 1.81 bits per heavy atom. The number of amides is 1. The Labute approximate surface area is 152 Å². The Morgan fingerprint density at radius 1 is 1.04 bits per heavy atom. The van der Waals surface area contributed by atoms with Gasteiger partial charge in [0.25, 0.3) is 5.89 Å². The molecule has 1 atom stereocenters. The maximum Gasteiger partial charge on any atom is 0.257 e. The van der Waals surface area contributed by atoms with Gasteiger partial charge in [0, 0.05) is 30.1 Å². The monoisotopic (exact) mass is 347 g/mol. The lowest BCUT2D eigenvalue weighted by Gasteiger charge is -2.16. The van der Waals surface area contributed by atoms with E-state index in [1.165, 1.54) is 16.7 Å². The fourth-order valence-corrected chi connectivity index (χ4v) is 3.25. The minimum Gasteiger partial charge on any atom is -0.334 e. The van der Waals surface area contributed by atoms with E-state index >= 15 is 0 Å². The molecular weight excluding hydrogens is 326 g/mol. The lowest BCUT2D eigenvalue weighted by atomic mass is 10.1. The molecule has 1 aliphatic rings. The molecule has 1 amide bonds. The van der Waals surface area contributed by atoms with Crippen molar-refractivity contribution in [2.45, 2.75) is 33.1 Å². The van der Waals surface area contributed by atoms with E-state index in [-0.39, 0.29) is 11.8 Å². The molecule has 2 aromatic carbocycles. The van der Waals surface area contributed by atoms with Crippen LogP contribution in [0, 0.1) is 20.8 Å². The fraction of sp³-hybridized carbons (Fsp3) is 0.286. The molecule has 1 unspecified atom stereocenters. The molecule has 1 aromatic heterocycles. The second-order valence-electron chi connectivity index (χ2n) is 7.00. The first-order valence-electron chi connectivity index (χ1n) is 8.79. The summed E-state index contributed by atoms with van der Waals surface area (Å²) >= 11 is 0. The lowest BCUT2D eigenvalue weighted by molar-refractivity contribution is -0.117. The van der Waals surface area contributed by atoms with Crippen LogP contribution in [0.15, 0.2) is 47.0 Å².